The highest BCUT2D eigenvalue weighted by Crippen LogP contribution is 1.81. The smallest absolute Gasteiger partial charge is 0.256 e. The Bertz CT molecular complexity index is 69.5. The van der Waals surface area contributed by atoms with Gasteiger partial charge in [0.05, 0.1) is 0 Å². The zero-order valence-electron chi connectivity index (χ0n) is 5.13. The predicted octanol–water partition coefficient (Wildman–Crippen LogP) is -5.30. The van der Waals surface area contributed by atoms with Gasteiger partial charge in [-0.1, -0.05) is 13.3 Å². The Morgan fingerprint density at radius 2 is 1.89 bits per heavy atom. The molecule has 0 aromatic carbocycles. The summed E-state index contributed by atoms with van der Waals surface area (Å²) in [6.45, 7) is 1.93. The van der Waals surface area contributed by atoms with Gasteiger partial charge in [0.15, 0.2) is 6.61 Å². The lowest BCUT2D eigenvalue weighted by atomic mass is 10.4. The monoisotopic (exact) mass is 248 g/mol. The Morgan fingerprint density at radius 3 is 2.22 bits per heavy atom. The molecule has 56 valence electrons. The Morgan fingerprint density at radius 1 is 1.33 bits per heavy atom. The van der Waals surface area contributed by atoms with Gasteiger partial charge in [-0.2, -0.15) is 0 Å². The van der Waals surface area contributed by atoms with Crippen LogP contribution in [0.15, 0.2) is 0 Å². The van der Waals surface area contributed by atoms with E-state index >= 15 is 0 Å². The minimum absolute atomic E-state index is 0.0453. The van der Waals surface area contributed by atoms with Gasteiger partial charge in [-0.15, -0.1) is 0 Å². The third-order valence-electron chi connectivity index (χ3n) is 0.709. The molecule has 0 aliphatic heterocycles. The van der Waals surface area contributed by atoms with Crippen LogP contribution in [0.5, 0.6) is 0 Å². The van der Waals surface area contributed by atoms with Crippen molar-refractivity contribution in [2.24, 2.45) is 0 Å². The maximum atomic E-state index is 9.82. The summed E-state index contributed by atoms with van der Waals surface area (Å²) in [5.74, 6) is 0. The second kappa shape index (κ2) is 4.40. The average molecular weight is 248 g/mol. The van der Waals surface area contributed by atoms with Gasteiger partial charge in [0.25, 0.3) is 0 Å². The molecule has 0 saturated heterocycles. The molecule has 0 bridgehead atoms. The van der Waals surface area contributed by atoms with Crippen LogP contribution in [0.2, 0.25) is 0 Å². The van der Waals surface area contributed by atoms with Crippen molar-refractivity contribution in [1.29, 1.82) is 0 Å². The molecule has 5 heteroatoms. The number of unbranched alkanes of at least 4 members (excludes halogenated alkanes) is 1. The quantitative estimate of drug-likeness (QED) is 0.367. The van der Waals surface area contributed by atoms with Gasteiger partial charge < -0.3 is 0 Å². The van der Waals surface area contributed by atoms with Crippen molar-refractivity contribution in [3.8, 4) is 0 Å². The molecule has 0 atom stereocenters. The van der Waals surface area contributed by atoms with Crippen LogP contribution in [-0.4, -0.2) is 6.61 Å². The SMILES string of the molecule is CCCCO[I+3]([O-])([O-])[O-]. The summed E-state index contributed by atoms with van der Waals surface area (Å²) in [6.07, 6.45) is 1.45. The van der Waals surface area contributed by atoms with Gasteiger partial charge >= 0.3 is 20.1 Å². The predicted molar refractivity (Wildman–Crippen MR) is 20.9 cm³/mol. The third-order valence-corrected chi connectivity index (χ3v) is 1.91. The zero-order chi connectivity index (χ0) is 7.33. The average Bonchev–Trinajstić information content (AvgIpc) is 1.63. The molecule has 0 aromatic rings. The van der Waals surface area contributed by atoms with Crippen molar-refractivity contribution in [1.82, 2.24) is 0 Å². The van der Waals surface area contributed by atoms with Crippen LogP contribution >= 0.6 is 0 Å². The first-order valence-corrected chi connectivity index (χ1v) is 6.14. The topological polar surface area (TPSA) is 78.4 Å². The Hall–Kier alpha value is 0.570. The van der Waals surface area contributed by atoms with Crippen LogP contribution in [0.1, 0.15) is 19.8 Å². The van der Waals surface area contributed by atoms with Crippen molar-refractivity contribution >= 4 is 0 Å². The highest BCUT2D eigenvalue weighted by molar-refractivity contribution is 4.24. The molecule has 0 aliphatic carbocycles. The van der Waals surface area contributed by atoms with Crippen molar-refractivity contribution in [3.63, 3.8) is 0 Å². The third kappa shape index (κ3) is 8.57. The van der Waals surface area contributed by atoms with Crippen molar-refractivity contribution in [2.75, 3.05) is 6.61 Å². The van der Waals surface area contributed by atoms with Crippen molar-refractivity contribution < 1.29 is 33.5 Å². The first-order chi connectivity index (χ1) is 4.06. The summed E-state index contributed by atoms with van der Waals surface area (Å²) in [5.41, 5.74) is 0. The van der Waals surface area contributed by atoms with E-state index in [2.05, 4.69) is 3.07 Å². The van der Waals surface area contributed by atoms with Gasteiger partial charge in [0, 0.05) is 3.07 Å². The van der Waals surface area contributed by atoms with Gasteiger partial charge in [-0.25, -0.2) is 0 Å². The number of halogens is 1. The van der Waals surface area contributed by atoms with Crippen LogP contribution in [-0.2, 0) is 3.07 Å². The van der Waals surface area contributed by atoms with Crippen molar-refractivity contribution in [2.45, 2.75) is 19.8 Å². The number of hydrogen-bond acceptors (Lipinski definition) is 4. The fraction of sp³-hybridized carbons (Fsp3) is 1.00. The Balaban J connectivity index is 3.07. The number of rotatable bonds is 4. The summed E-state index contributed by atoms with van der Waals surface area (Å²) in [7, 11) is 0. The van der Waals surface area contributed by atoms with Gasteiger partial charge in [0.2, 0.25) is 0 Å². The molecule has 0 aromatic heterocycles. The van der Waals surface area contributed by atoms with Crippen LogP contribution in [0.25, 0.3) is 0 Å². The normalized spacial score (nSPS) is 12.0. The van der Waals surface area contributed by atoms with Gasteiger partial charge in [0.1, 0.15) is 0 Å². The van der Waals surface area contributed by atoms with Crippen molar-refractivity contribution in [3.05, 3.63) is 0 Å². The molecule has 0 saturated carbocycles. The molecule has 0 radical (unpaired) electrons. The molecule has 0 N–H and O–H groups in total. The van der Waals surface area contributed by atoms with E-state index in [1.165, 1.54) is 0 Å². The summed E-state index contributed by atoms with van der Waals surface area (Å²) in [5, 5.41) is 0. The zero-order valence-corrected chi connectivity index (χ0v) is 7.29. The Kier molecular flexibility index (Phi) is 4.67. The Labute approximate surface area is 60.2 Å². The van der Waals surface area contributed by atoms with Crippen LogP contribution in [0.3, 0.4) is 0 Å². The second-order valence-electron chi connectivity index (χ2n) is 1.54. The molecule has 0 spiro atoms. The van der Waals surface area contributed by atoms with E-state index in [9.17, 15) is 10.3 Å². The summed E-state index contributed by atoms with van der Waals surface area (Å²) < 4.78 is 33.5. The molecular weight excluding hydrogens is 239 g/mol. The second-order valence-corrected chi connectivity index (χ2v) is 4.33. The summed E-state index contributed by atoms with van der Waals surface area (Å²) >= 11 is -5.31. The number of hydrogen-bond donors (Lipinski definition) is 0. The van der Waals surface area contributed by atoms with Crippen LogP contribution in [0, 0.1) is 0 Å². The van der Waals surface area contributed by atoms with E-state index in [0.29, 0.717) is 6.42 Å². The van der Waals surface area contributed by atoms with E-state index < -0.39 is 20.1 Å². The molecular formula is C4H9IO4. The lowest BCUT2D eigenvalue weighted by Gasteiger charge is -2.03. The van der Waals surface area contributed by atoms with E-state index in [0.717, 1.165) is 6.42 Å². The van der Waals surface area contributed by atoms with Gasteiger partial charge in [-0.05, 0) is 6.42 Å². The van der Waals surface area contributed by atoms with E-state index in [1.807, 2.05) is 6.92 Å². The van der Waals surface area contributed by atoms with Crippen LogP contribution < -0.4 is 30.4 Å². The molecule has 9 heavy (non-hydrogen) atoms. The fourth-order valence-corrected chi connectivity index (χ4v) is 1.14. The summed E-state index contributed by atoms with van der Waals surface area (Å²) in [4.78, 5) is 0. The highest BCUT2D eigenvalue weighted by Gasteiger charge is 2.24. The highest BCUT2D eigenvalue weighted by atomic mass is 127. The minimum Gasteiger partial charge on any atom is -0.256 e. The largest absolute Gasteiger partial charge is 0.372 e. The fourth-order valence-electron chi connectivity index (χ4n) is 0.293. The van der Waals surface area contributed by atoms with E-state index in [1.54, 1.807) is 0 Å². The lowest BCUT2D eigenvalue weighted by molar-refractivity contribution is -1.92. The molecule has 4 nitrogen and oxygen atoms in total. The van der Waals surface area contributed by atoms with Gasteiger partial charge in [-0.3, -0.25) is 10.3 Å². The maximum Gasteiger partial charge on any atom is 0.372 e. The first kappa shape index (κ1) is 9.57. The lowest BCUT2D eigenvalue weighted by Crippen LogP contribution is -4.24. The van der Waals surface area contributed by atoms with Crippen LogP contribution in [0.4, 0.5) is 0 Å². The van der Waals surface area contributed by atoms with E-state index in [4.69, 9.17) is 0 Å². The molecule has 0 heterocycles. The maximum absolute atomic E-state index is 9.82. The standard InChI is InChI=1S/C4H9IO4/c1-2-3-4-9-5(6,7)8/h2-4H2,1H3. The van der Waals surface area contributed by atoms with E-state index in [-0.39, 0.29) is 6.61 Å². The molecule has 0 aliphatic rings. The molecule has 0 amide bonds. The minimum atomic E-state index is -5.31. The summed E-state index contributed by atoms with van der Waals surface area (Å²) in [6, 6.07) is 0. The molecule has 0 unspecified atom stereocenters. The first-order valence-electron chi connectivity index (χ1n) is 2.61. The molecule has 0 rings (SSSR count). The molecule has 0 fully saturated rings.